The van der Waals surface area contributed by atoms with Crippen molar-refractivity contribution >= 4 is 22.9 Å². The lowest BCUT2D eigenvalue weighted by atomic mass is 10.2. The number of likely N-dealkylation sites (tertiary alicyclic amines) is 1. The largest absolute Gasteiger partial charge is 0.480 e. The van der Waals surface area contributed by atoms with Crippen LogP contribution in [-0.2, 0) is 9.59 Å². The van der Waals surface area contributed by atoms with Gasteiger partial charge in [0.05, 0.1) is 5.52 Å². The van der Waals surface area contributed by atoms with Gasteiger partial charge in [0.2, 0.25) is 5.91 Å². The molecule has 1 fully saturated rings. The minimum atomic E-state index is -1.00. The van der Waals surface area contributed by atoms with Gasteiger partial charge >= 0.3 is 5.97 Å². The van der Waals surface area contributed by atoms with Gasteiger partial charge in [-0.1, -0.05) is 17.3 Å². The first-order valence-corrected chi connectivity index (χ1v) is 5.97. The number of para-hydroxylation sites is 1. The van der Waals surface area contributed by atoms with Crippen molar-refractivity contribution in [1.29, 1.82) is 0 Å². The van der Waals surface area contributed by atoms with Crippen molar-refractivity contribution in [3.05, 3.63) is 24.3 Å². The Morgan fingerprint density at radius 3 is 3.00 bits per heavy atom. The average molecular weight is 260 g/mol. The van der Waals surface area contributed by atoms with Gasteiger partial charge in [-0.05, 0) is 18.6 Å². The molecule has 0 saturated carbocycles. The van der Waals surface area contributed by atoms with Crippen molar-refractivity contribution in [2.75, 3.05) is 13.1 Å². The fourth-order valence-corrected chi connectivity index (χ4v) is 2.39. The van der Waals surface area contributed by atoms with Crippen LogP contribution in [0.4, 0.5) is 0 Å². The van der Waals surface area contributed by atoms with Gasteiger partial charge < -0.3 is 10.0 Å². The Morgan fingerprint density at radius 2 is 2.21 bits per heavy atom. The molecule has 2 heterocycles. The summed E-state index contributed by atoms with van der Waals surface area (Å²) in [5, 5.41) is 16.8. The van der Waals surface area contributed by atoms with E-state index in [1.807, 2.05) is 24.3 Å². The van der Waals surface area contributed by atoms with E-state index in [2.05, 4.69) is 10.3 Å². The number of rotatable bonds is 3. The molecule has 1 unspecified atom stereocenters. The Kier molecular flexibility index (Phi) is 2.66. The highest BCUT2D eigenvalue weighted by Gasteiger charge is 2.35. The number of carbonyl (C=O) groups is 2. The van der Waals surface area contributed by atoms with Crippen molar-refractivity contribution in [3.63, 3.8) is 0 Å². The third-order valence-electron chi connectivity index (χ3n) is 3.27. The molecule has 3 rings (SSSR count). The Morgan fingerprint density at radius 1 is 1.42 bits per heavy atom. The Balaban J connectivity index is 1.91. The normalized spacial score (nSPS) is 19.3. The van der Waals surface area contributed by atoms with Crippen LogP contribution >= 0.6 is 0 Å². The summed E-state index contributed by atoms with van der Waals surface area (Å²) in [6.45, 7) is 0.173. The van der Waals surface area contributed by atoms with Crippen molar-refractivity contribution in [2.24, 2.45) is 0 Å². The first kappa shape index (κ1) is 11.6. The summed E-state index contributed by atoms with van der Waals surface area (Å²) in [7, 11) is 0. The lowest BCUT2D eigenvalue weighted by Crippen LogP contribution is -2.33. The van der Waals surface area contributed by atoms with E-state index in [1.54, 1.807) is 4.68 Å². The molecule has 7 heteroatoms. The molecule has 1 N–H and O–H groups in total. The maximum absolute atomic E-state index is 12.2. The molecule has 1 amide bonds. The highest BCUT2D eigenvalue weighted by Crippen LogP contribution is 2.25. The SMILES string of the molecule is O=C(O)CN1CCC(n2nnc3ccccc32)C1=O. The summed E-state index contributed by atoms with van der Waals surface area (Å²) < 4.78 is 1.58. The minimum Gasteiger partial charge on any atom is -0.480 e. The maximum Gasteiger partial charge on any atom is 0.323 e. The smallest absolute Gasteiger partial charge is 0.323 e. The lowest BCUT2D eigenvalue weighted by Gasteiger charge is -2.14. The van der Waals surface area contributed by atoms with Crippen molar-refractivity contribution in [3.8, 4) is 0 Å². The van der Waals surface area contributed by atoms with E-state index in [1.165, 1.54) is 4.90 Å². The predicted molar refractivity (Wildman–Crippen MR) is 65.4 cm³/mol. The summed E-state index contributed by atoms with van der Waals surface area (Å²) in [4.78, 5) is 24.2. The van der Waals surface area contributed by atoms with Crippen LogP contribution in [0.25, 0.3) is 11.0 Å². The average Bonchev–Trinajstić information content (AvgIpc) is 2.94. The predicted octanol–water partition coefficient (Wildman–Crippen LogP) is 0.289. The number of amides is 1. The van der Waals surface area contributed by atoms with E-state index in [-0.39, 0.29) is 12.5 Å². The number of benzene rings is 1. The lowest BCUT2D eigenvalue weighted by molar-refractivity contribution is -0.143. The van der Waals surface area contributed by atoms with Gasteiger partial charge in [-0.15, -0.1) is 5.10 Å². The number of aliphatic carboxylic acids is 1. The molecule has 98 valence electrons. The van der Waals surface area contributed by atoms with E-state index in [0.29, 0.717) is 13.0 Å². The van der Waals surface area contributed by atoms with Crippen molar-refractivity contribution < 1.29 is 14.7 Å². The molecular formula is C12H12N4O3. The van der Waals surface area contributed by atoms with Gasteiger partial charge in [-0.3, -0.25) is 9.59 Å². The first-order valence-electron chi connectivity index (χ1n) is 5.97. The Bertz CT molecular complexity index is 651. The molecule has 1 aliphatic heterocycles. The van der Waals surface area contributed by atoms with E-state index < -0.39 is 12.0 Å². The number of aromatic nitrogens is 3. The second kappa shape index (κ2) is 4.34. The second-order valence-electron chi connectivity index (χ2n) is 4.48. The first-order chi connectivity index (χ1) is 9.16. The molecule has 1 aliphatic rings. The summed E-state index contributed by atoms with van der Waals surface area (Å²) in [5.41, 5.74) is 1.52. The number of carbonyl (C=O) groups excluding carboxylic acids is 1. The van der Waals surface area contributed by atoms with Crippen LogP contribution in [-0.4, -0.2) is 50.0 Å². The summed E-state index contributed by atoms with van der Waals surface area (Å²) in [6, 6.07) is 6.94. The highest BCUT2D eigenvalue weighted by molar-refractivity contribution is 5.87. The molecule has 19 heavy (non-hydrogen) atoms. The number of fused-ring (bicyclic) bond motifs is 1. The van der Waals surface area contributed by atoms with Gasteiger partial charge in [0.15, 0.2) is 0 Å². The molecule has 7 nitrogen and oxygen atoms in total. The van der Waals surface area contributed by atoms with Crippen molar-refractivity contribution in [1.82, 2.24) is 19.9 Å². The number of carboxylic acids is 1. The topological polar surface area (TPSA) is 88.3 Å². The Hall–Kier alpha value is -2.44. The molecule has 2 aromatic rings. The maximum atomic E-state index is 12.2. The summed E-state index contributed by atoms with van der Waals surface area (Å²) in [6.07, 6.45) is 0.555. The van der Waals surface area contributed by atoms with Gasteiger partial charge in [-0.2, -0.15) is 0 Å². The van der Waals surface area contributed by atoms with E-state index >= 15 is 0 Å². The molecule has 0 aliphatic carbocycles. The third kappa shape index (κ3) is 1.92. The van der Waals surface area contributed by atoms with Crippen LogP contribution in [0.3, 0.4) is 0 Å². The van der Waals surface area contributed by atoms with Crippen LogP contribution in [0.5, 0.6) is 0 Å². The molecule has 1 atom stereocenters. The van der Waals surface area contributed by atoms with Crippen LogP contribution in [0.15, 0.2) is 24.3 Å². The van der Waals surface area contributed by atoms with Gasteiger partial charge in [0, 0.05) is 6.54 Å². The number of hydrogen-bond donors (Lipinski definition) is 1. The molecule has 1 aromatic carbocycles. The van der Waals surface area contributed by atoms with Gasteiger partial charge in [0.1, 0.15) is 18.1 Å². The molecule has 0 spiro atoms. The van der Waals surface area contributed by atoms with Gasteiger partial charge in [0.25, 0.3) is 0 Å². The summed E-state index contributed by atoms with van der Waals surface area (Å²) in [5.74, 6) is -1.21. The number of carboxylic acid groups (broad SMARTS) is 1. The summed E-state index contributed by atoms with van der Waals surface area (Å²) >= 11 is 0. The zero-order valence-electron chi connectivity index (χ0n) is 10.1. The molecule has 1 saturated heterocycles. The number of hydrogen-bond acceptors (Lipinski definition) is 4. The number of nitrogens with zero attached hydrogens (tertiary/aromatic N) is 4. The highest BCUT2D eigenvalue weighted by atomic mass is 16.4. The minimum absolute atomic E-state index is 0.210. The van der Waals surface area contributed by atoms with Gasteiger partial charge in [-0.25, -0.2) is 4.68 Å². The van der Waals surface area contributed by atoms with Crippen LogP contribution in [0.1, 0.15) is 12.5 Å². The quantitative estimate of drug-likeness (QED) is 0.856. The fraction of sp³-hybridized carbons (Fsp3) is 0.333. The van der Waals surface area contributed by atoms with Crippen LogP contribution in [0, 0.1) is 0 Å². The fourth-order valence-electron chi connectivity index (χ4n) is 2.39. The van der Waals surface area contributed by atoms with Crippen LogP contribution < -0.4 is 0 Å². The van der Waals surface area contributed by atoms with Crippen LogP contribution in [0.2, 0.25) is 0 Å². The standard InChI is InChI=1S/C12H12N4O3/c17-11(18)7-15-6-5-10(12(15)19)16-9-4-2-1-3-8(9)13-14-16/h1-4,10H,5-7H2,(H,17,18). The second-order valence-corrected chi connectivity index (χ2v) is 4.48. The molecule has 0 radical (unpaired) electrons. The molecule has 0 bridgehead atoms. The van der Waals surface area contributed by atoms with E-state index in [4.69, 9.17) is 5.11 Å². The van der Waals surface area contributed by atoms with Crippen molar-refractivity contribution in [2.45, 2.75) is 12.5 Å². The molecule has 1 aromatic heterocycles. The van der Waals surface area contributed by atoms with E-state index in [0.717, 1.165) is 11.0 Å². The third-order valence-corrected chi connectivity index (χ3v) is 3.27. The molecular weight excluding hydrogens is 248 g/mol. The Labute approximate surface area is 108 Å². The van der Waals surface area contributed by atoms with E-state index in [9.17, 15) is 9.59 Å². The monoisotopic (exact) mass is 260 g/mol. The zero-order chi connectivity index (χ0) is 13.4. The zero-order valence-corrected chi connectivity index (χ0v) is 10.1.